The summed E-state index contributed by atoms with van der Waals surface area (Å²) in [7, 11) is 2.00. The quantitative estimate of drug-likeness (QED) is 0.866. The minimum Gasteiger partial charge on any atom is -0.321 e. The third kappa shape index (κ3) is 2.39. The van der Waals surface area contributed by atoms with Gasteiger partial charge in [0, 0.05) is 38.0 Å². The summed E-state index contributed by atoms with van der Waals surface area (Å²) < 4.78 is 0. The highest BCUT2D eigenvalue weighted by molar-refractivity contribution is 6.43. The average molecular weight is 312 g/mol. The van der Waals surface area contributed by atoms with Crippen LogP contribution in [0.25, 0.3) is 0 Å². The topological polar surface area (TPSA) is 35.6 Å². The van der Waals surface area contributed by atoms with Crippen LogP contribution < -0.4 is 5.43 Å². The largest absolute Gasteiger partial charge is 0.321 e. The molecule has 1 saturated heterocycles. The van der Waals surface area contributed by atoms with Crippen LogP contribution >= 0.6 is 23.2 Å². The number of rotatable bonds is 1. The zero-order chi connectivity index (χ0) is 14.3. The molecule has 106 valence electrons. The van der Waals surface area contributed by atoms with Crippen molar-refractivity contribution in [3.05, 3.63) is 45.7 Å². The zero-order valence-corrected chi connectivity index (χ0v) is 12.6. The number of hydrazine groups is 1. The molecule has 0 aliphatic carbocycles. The molecule has 20 heavy (non-hydrogen) atoms. The van der Waals surface area contributed by atoms with E-state index in [0.717, 1.165) is 18.7 Å². The summed E-state index contributed by atoms with van der Waals surface area (Å²) in [5.74, 6) is 0.374. The molecule has 2 aliphatic rings. The Morgan fingerprint density at radius 2 is 2.20 bits per heavy atom. The second-order valence-corrected chi connectivity index (χ2v) is 5.95. The van der Waals surface area contributed by atoms with Crippen molar-refractivity contribution in [2.75, 3.05) is 20.1 Å². The fourth-order valence-corrected chi connectivity index (χ4v) is 3.06. The van der Waals surface area contributed by atoms with Gasteiger partial charge in [-0.05, 0) is 18.6 Å². The number of carbonyl (C=O) groups is 1. The van der Waals surface area contributed by atoms with Crippen molar-refractivity contribution in [3.63, 3.8) is 0 Å². The van der Waals surface area contributed by atoms with E-state index in [1.165, 1.54) is 0 Å². The van der Waals surface area contributed by atoms with Gasteiger partial charge in [-0.1, -0.05) is 29.3 Å². The van der Waals surface area contributed by atoms with Crippen LogP contribution in [0.5, 0.6) is 0 Å². The second kappa shape index (κ2) is 5.28. The molecular formula is C14H15Cl2N3O. The normalized spacial score (nSPS) is 22.2. The van der Waals surface area contributed by atoms with Gasteiger partial charge in [0.25, 0.3) is 5.91 Å². The van der Waals surface area contributed by atoms with Crippen LogP contribution in [-0.2, 0) is 0 Å². The first-order chi connectivity index (χ1) is 9.56. The fourth-order valence-electron chi connectivity index (χ4n) is 2.68. The Balaban J connectivity index is 1.87. The van der Waals surface area contributed by atoms with E-state index < -0.39 is 0 Å². The third-order valence-corrected chi connectivity index (χ3v) is 4.53. The molecular weight excluding hydrogens is 297 g/mol. The second-order valence-electron chi connectivity index (χ2n) is 5.16. The maximum Gasteiger partial charge on any atom is 0.259 e. The van der Waals surface area contributed by atoms with Crippen molar-refractivity contribution in [2.24, 2.45) is 5.92 Å². The van der Waals surface area contributed by atoms with Crippen molar-refractivity contribution in [1.29, 1.82) is 0 Å². The summed E-state index contributed by atoms with van der Waals surface area (Å²) in [6.45, 7) is 1.68. The molecule has 0 radical (unpaired) electrons. The van der Waals surface area contributed by atoms with Gasteiger partial charge >= 0.3 is 0 Å². The minimum atomic E-state index is -0.111. The van der Waals surface area contributed by atoms with Gasteiger partial charge in [0.15, 0.2) is 0 Å². The number of halogens is 2. The summed E-state index contributed by atoms with van der Waals surface area (Å²) in [4.78, 5) is 14.2. The summed E-state index contributed by atoms with van der Waals surface area (Å²) in [5.41, 5.74) is 4.79. The van der Waals surface area contributed by atoms with Crippen molar-refractivity contribution in [3.8, 4) is 0 Å². The van der Waals surface area contributed by atoms with E-state index in [1.54, 1.807) is 23.1 Å². The first-order valence-corrected chi connectivity index (χ1v) is 7.26. The van der Waals surface area contributed by atoms with Crippen LogP contribution in [0, 0.1) is 5.92 Å². The maximum absolute atomic E-state index is 12.5. The molecule has 1 amide bonds. The number of benzene rings is 1. The van der Waals surface area contributed by atoms with E-state index in [4.69, 9.17) is 23.2 Å². The van der Waals surface area contributed by atoms with Crippen molar-refractivity contribution in [1.82, 2.24) is 15.3 Å². The Kier molecular flexibility index (Phi) is 3.63. The van der Waals surface area contributed by atoms with Crippen LogP contribution in [0.4, 0.5) is 0 Å². The van der Waals surface area contributed by atoms with Crippen LogP contribution in [0.1, 0.15) is 16.8 Å². The van der Waals surface area contributed by atoms with E-state index in [2.05, 4.69) is 5.43 Å². The van der Waals surface area contributed by atoms with Gasteiger partial charge < -0.3 is 10.3 Å². The van der Waals surface area contributed by atoms with Crippen LogP contribution in [-0.4, -0.2) is 36.0 Å². The average Bonchev–Trinajstić information content (AvgIpc) is 2.80. The predicted octanol–water partition coefficient (Wildman–Crippen LogP) is 2.75. The van der Waals surface area contributed by atoms with E-state index in [-0.39, 0.29) is 5.91 Å². The molecule has 0 bridgehead atoms. The molecule has 2 heterocycles. The first-order valence-electron chi connectivity index (χ1n) is 6.51. The summed E-state index contributed by atoms with van der Waals surface area (Å²) in [6, 6.07) is 5.12. The highest BCUT2D eigenvalue weighted by atomic mass is 35.5. The first kappa shape index (κ1) is 13.7. The molecule has 6 heteroatoms. The zero-order valence-electron chi connectivity index (χ0n) is 11.1. The third-order valence-electron chi connectivity index (χ3n) is 3.71. The summed E-state index contributed by atoms with van der Waals surface area (Å²) >= 11 is 12.1. The van der Waals surface area contributed by atoms with Gasteiger partial charge in [0.05, 0.1) is 15.6 Å². The minimum absolute atomic E-state index is 0.111. The van der Waals surface area contributed by atoms with E-state index in [0.29, 0.717) is 28.1 Å². The molecule has 0 aromatic heterocycles. The van der Waals surface area contributed by atoms with E-state index in [9.17, 15) is 4.79 Å². The van der Waals surface area contributed by atoms with Crippen LogP contribution in [0.3, 0.4) is 0 Å². The van der Waals surface area contributed by atoms with Gasteiger partial charge in [0.1, 0.15) is 0 Å². The van der Waals surface area contributed by atoms with Gasteiger partial charge in [-0.2, -0.15) is 0 Å². The lowest BCUT2D eigenvalue weighted by Gasteiger charge is -2.27. The molecule has 1 N–H and O–H groups in total. The van der Waals surface area contributed by atoms with Gasteiger partial charge in [-0.25, -0.2) is 5.01 Å². The lowest BCUT2D eigenvalue weighted by molar-refractivity contribution is 0.0807. The van der Waals surface area contributed by atoms with Crippen LogP contribution in [0.15, 0.2) is 30.1 Å². The fraction of sp³-hybridized carbons (Fsp3) is 0.357. The van der Waals surface area contributed by atoms with Crippen molar-refractivity contribution in [2.45, 2.75) is 6.42 Å². The molecule has 1 atom stereocenters. The lowest BCUT2D eigenvalue weighted by Crippen LogP contribution is -2.34. The molecule has 2 aliphatic heterocycles. The maximum atomic E-state index is 12.5. The Hall–Kier alpha value is -1.23. The predicted molar refractivity (Wildman–Crippen MR) is 79.5 cm³/mol. The molecule has 1 aromatic carbocycles. The Bertz CT molecular complexity index is 588. The lowest BCUT2D eigenvalue weighted by atomic mass is 10.00. The molecule has 1 fully saturated rings. The molecule has 0 spiro atoms. The molecule has 4 nitrogen and oxygen atoms in total. The number of hydrogen-bond acceptors (Lipinski definition) is 3. The number of nitrogens with one attached hydrogen (secondary N) is 1. The molecule has 3 rings (SSSR count). The van der Waals surface area contributed by atoms with Crippen LogP contribution in [0.2, 0.25) is 10.0 Å². The van der Waals surface area contributed by atoms with Crippen molar-refractivity contribution >= 4 is 29.1 Å². The summed E-state index contributed by atoms with van der Waals surface area (Å²) in [5, 5.41) is 2.76. The monoisotopic (exact) mass is 311 g/mol. The number of carbonyl (C=O) groups excluding carboxylic acids is 1. The van der Waals surface area contributed by atoms with Gasteiger partial charge in [0.2, 0.25) is 0 Å². The Morgan fingerprint density at radius 1 is 1.40 bits per heavy atom. The SMILES string of the molecule is CN1CC2CCN(C(=O)c3cccc(Cl)c3Cl)C=C2N1. The number of amides is 1. The standard InChI is InChI=1S/C14H15Cl2N3O/c1-18-7-9-5-6-19(8-12(9)17-18)14(20)10-3-2-4-11(15)13(10)16/h2-4,8-9,17H,5-7H2,1H3. The molecule has 1 unspecified atom stereocenters. The number of nitrogens with zero attached hydrogens (tertiary/aromatic N) is 2. The highest BCUT2D eigenvalue weighted by Crippen LogP contribution is 2.30. The number of fused-ring (bicyclic) bond motifs is 1. The molecule has 0 saturated carbocycles. The van der Waals surface area contributed by atoms with Gasteiger partial charge in [-0.3, -0.25) is 4.79 Å². The Labute approximate surface area is 127 Å². The Morgan fingerprint density at radius 3 is 3.00 bits per heavy atom. The smallest absolute Gasteiger partial charge is 0.259 e. The van der Waals surface area contributed by atoms with Gasteiger partial charge in [-0.15, -0.1) is 0 Å². The van der Waals surface area contributed by atoms with E-state index >= 15 is 0 Å². The van der Waals surface area contributed by atoms with Crippen molar-refractivity contribution < 1.29 is 4.79 Å². The number of hydrogen-bond donors (Lipinski definition) is 1. The summed E-state index contributed by atoms with van der Waals surface area (Å²) in [6.07, 6.45) is 2.84. The van der Waals surface area contributed by atoms with E-state index in [1.807, 2.05) is 18.3 Å². The molecule has 1 aromatic rings. The highest BCUT2D eigenvalue weighted by Gasteiger charge is 2.31.